The second-order valence-electron chi connectivity index (χ2n) is 5.67. The Morgan fingerprint density at radius 3 is 2.29 bits per heavy atom. The van der Waals surface area contributed by atoms with Crippen molar-refractivity contribution in [3.63, 3.8) is 0 Å². The Hall–Kier alpha value is -1.64. The Labute approximate surface area is 149 Å². The molecule has 0 atom stereocenters. The predicted octanol–water partition coefficient (Wildman–Crippen LogP) is 2.26. The third kappa shape index (κ3) is 3.40. The smallest absolute Gasteiger partial charge is 0.289 e. The molecule has 0 bridgehead atoms. The van der Waals surface area contributed by atoms with Gasteiger partial charge < -0.3 is 14.2 Å². The largest absolute Gasteiger partial charge is 0.439 e. The lowest BCUT2D eigenvalue weighted by Crippen LogP contribution is -2.47. The number of likely N-dealkylation sites (N-methyl/N-ethyl adjacent to an activating group) is 1. The molecular weight excluding hydrogens is 396 g/mol. The van der Waals surface area contributed by atoms with Gasteiger partial charge in [-0.25, -0.2) is 8.42 Å². The Balaban J connectivity index is 1.82. The highest BCUT2D eigenvalue weighted by Gasteiger charge is 2.27. The molecule has 0 saturated carbocycles. The molecule has 0 unspecified atom stereocenters. The van der Waals surface area contributed by atoms with Crippen LogP contribution in [0, 0.1) is 0 Å². The second-order valence-corrected chi connectivity index (χ2v) is 8.47. The standard InChI is InChI=1S/C16H17BrN2O4S/c1-18-8-10-19(11-9-18)16(20)14-6-7-15(23-14)24(21,22)13-4-2-12(17)3-5-13/h2-7H,8-11H2,1H3. The van der Waals surface area contributed by atoms with Gasteiger partial charge in [0.1, 0.15) is 0 Å². The van der Waals surface area contributed by atoms with Crippen LogP contribution in [0.3, 0.4) is 0 Å². The van der Waals surface area contributed by atoms with Gasteiger partial charge in [-0.15, -0.1) is 0 Å². The summed E-state index contributed by atoms with van der Waals surface area (Å²) in [6.45, 7) is 2.78. The van der Waals surface area contributed by atoms with E-state index in [1.807, 2.05) is 7.05 Å². The van der Waals surface area contributed by atoms with E-state index >= 15 is 0 Å². The van der Waals surface area contributed by atoms with Gasteiger partial charge in [-0.1, -0.05) is 15.9 Å². The van der Waals surface area contributed by atoms with Crippen molar-refractivity contribution in [2.75, 3.05) is 33.2 Å². The molecule has 6 nitrogen and oxygen atoms in total. The van der Waals surface area contributed by atoms with E-state index in [4.69, 9.17) is 4.42 Å². The van der Waals surface area contributed by atoms with Gasteiger partial charge >= 0.3 is 0 Å². The van der Waals surface area contributed by atoms with Gasteiger partial charge in [-0.3, -0.25) is 4.79 Å². The van der Waals surface area contributed by atoms with Crippen LogP contribution in [0.2, 0.25) is 0 Å². The number of rotatable bonds is 3. The van der Waals surface area contributed by atoms with E-state index in [0.717, 1.165) is 17.6 Å². The van der Waals surface area contributed by atoms with Gasteiger partial charge in [0.2, 0.25) is 14.9 Å². The minimum Gasteiger partial charge on any atom is -0.439 e. The Bertz CT molecular complexity index is 837. The van der Waals surface area contributed by atoms with Crippen molar-refractivity contribution in [2.45, 2.75) is 9.99 Å². The van der Waals surface area contributed by atoms with Crippen LogP contribution in [0.4, 0.5) is 0 Å². The zero-order valence-corrected chi connectivity index (χ0v) is 15.5. The number of halogens is 1. The zero-order valence-electron chi connectivity index (χ0n) is 13.1. The van der Waals surface area contributed by atoms with E-state index in [0.29, 0.717) is 13.1 Å². The highest BCUT2D eigenvalue weighted by atomic mass is 79.9. The number of carbonyl (C=O) groups excluding carboxylic acids is 1. The topological polar surface area (TPSA) is 70.8 Å². The average molecular weight is 413 g/mol. The SMILES string of the molecule is CN1CCN(C(=O)c2ccc(S(=O)(=O)c3ccc(Br)cc3)o2)CC1. The lowest BCUT2D eigenvalue weighted by molar-refractivity contribution is 0.0627. The van der Waals surface area contributed by atoms with E-state index in [1.165, 1.54) is 24.3 Å². The van der Waals surface area contributed by atoms with Crippen molar-refractivity contribution in [1.29, 1.82) is 0 Å². The lowest BCUT2D eigenvalue weighted by Gasteiger charge is -2.31. The number of hydrogen-bond acceptors (Lipinski definition) is 5. The van der Waals surface area contributed by atoms with Crippen LogP contribution in [-0.4, -0.2) is 57.4 Å². The summed E-state index contributed by atoms with van der Waals surface area (Å²) < 4.78 is 31.3. The van der Waals surface area contributed by atoms with Crippen LogP contribution in [0.15, 0.2) is 55.3 Å². The monoisotopic (exact) mass is 412 g/mol. The van der Waals surface area contributed by atoms with Crippen molar-refractivity contribution in [3.05, 3.63) is 46.6 Å². The first-order valence-corrected chi connectivity index (χ1v) is 9.74. The van der Waals surface area contributed by atoms with Crippen LogP contribution < -0.4 is 0 Å². The second kappa shape index (κ2) is 6.70. The first kappa shape index (κ1) is 17.2. The fourth-order valence-corrected chi connectivity index (χ4v) is 3.91. The molecule has 1 aromatic carbocycles. The molecule has 24 heavy (non-hydrogen) atoms. The van der Waals surface area contributed by atoms with E-state index < -0.39 is 9.84 Å². The summed E-state index contributed by atoms with van der Waals surface area (Å²) in [4.78, 5) is 16.4. The summed E-state index contributed by atoms with van der Waals surface area (Å²) in [5, 5.41) is -0.220. The van der Waals surface area contributed by atoms with Gasteiger partial charge in [-0.2, -0.15) is 0 Å². The van der Waals surface area contributed by atoms with Crippen LogP contribution in [0.25, 0.3) is 0 Å². The maximum absolute atomic E-state index is 12.6. The highest BCUT2D eigenvalue weighted by Crippen LogP contribution is 2.25. The van der Waals surface area contributed by atoms with E-state index in [1.54, 1.807) is 17.0 Å². The maximum atomic E-state index is 12.6. The van der Waals surface area contributed by atoms with Gasteiger partial charge in [0.25, 0.3) is 5.91 Å². The molecule has 2 aromatic rings. The molecule has 0 radical (unpaired) electrons. The summed E-state index contributed by atoms with van der Waals surface area (Å²) in [7, 11) is -1.78. The minimum absolute atomic E-state index is 0.0511. The Morgan fingerprint density at radius 1 is 1.04 bits per heavy atom. The number of furan rings is 1. The third-order valence-corrected chi connectivity index (χ3v) is 6.14. The number of nitrogens with zero attached hydrogens (tertiary/aromatic N) is 2. The minimum atomic E-state index is -3.77. The van der Waals surface area contributed by atoms with Crippen molar-refractivity contribution < 1.29 is 17.6 Å². The summed E-state index contributed by atoms with van der Waals surface area (Å²) in [5.74, 6) is -0.226. The quantitative estimate of drug-likeness (QED) is 0.772. The number of sulfone groups is 1. The summed E-state index contributed by atoms with van der Waals surface area (Å²) in [6.07, 6.45) is 0. The van der Waals surface area contributed by atoms with Crippen LogP contribution >= 0.6 is 15.9 Å². The number of piperazine rings is 1. The molecule has 0 aliphatic carbocycles. The van der Waals surface area contributed by atoms with Gasteiger partial charge in [0.05, 0.1) is 4.90 Å². The molecule has 1 amide bonds. The molecule has 2 heterocycles. The first-order valence-electron chi connectivity index (χ1n) is 7.46. The van der Waals surface area contributed by atoms with Gasteiger partial charge in [0.15, 0.2) is 5.76 Å². The highest BCUT2D eigenvalue weighted by molar-refractivity contribution is 9.10. The Morgan fingerprint density at radius 2 is 1.67 bits per heavy atom. The molecule has 128 valence electrons. The molecule has 3 rings (SSSR count). The fraction of sp³-hybridized carbons (Fsp3) is 0.312. The van der Waals surface area contributed by atoms with E-state index in [-0.39, 0.29) is 21.7 Å². The van der Waals surface area contributed by atoms with E-state index in [2.05, 4.69) is 20.8 Å². The molecule has 1 aromatic heterocycles. The van der Waals surface area contributed by atoms with Crippen LogP contribution in [0.5, 0.6) is 0 Å². The number of amides is 1. The molecule has 0 N–H and O–H groups in total. The van der Waals surface area contributed by atoms with Crippen molar-refractivity contribution in [2.24, 2.45) is 0 Å². The molecule has 1 saturated heterocycles. The molecule has 0 spiro atoms. The van der Waals surface area contributed by atoms with Crippen molar-refractivity contribution in [1.82, 2.24) is 9.80 Å². The lowest BCUT2D eigenvalue weighted by atomic mass is 10.3. The van der Waals surface area contributed by atoms with Gasteiger partial charge in [0, 0.05) is 30.7 Å². The molecular formula is C16H17BrN2O4S. The number of hydrogen-bond donors (Lipinski definition) is 0. The van der Waals surface area contributed by atoms with Crippen LogP contribution in [-0.2, 0) is 9.84 Å². The molecule has 1 fully saturated rings. The van der Waals surface area contributed by atoms with E-state index in [9.17, 15) is 13.2 Å². The average Bonchev–Trinajstić information content (AvgIpc) is 3.06. The van der Waals surface area contributed by atoms with Crippen molar-refractivity contribution in [3.8, 4) is 0 Å². The zero-order chi connectivity index (χ0) is 17.3. The maximum Gasteiger partial charge on any atom is 0.289 e. The number of benzene rings is 1. The van der Waals surface area contributed by atoms with Crippen LogP contribution in [0.1, 0.15) is 10.6 Å². The number of carbonyl (C=O) groups is 1. The van der Waals surface area contributed by atoms with Gasteiger partial charge in [-0.05, 0) is 43.4 Å². The molecule has 8 heteroatoms. The fourth-order valence-electron chi connectivity index (χ4n) is 2.47. The molecule has 1 aliphatic heterocycles. The third-order valence-electron chi connectivity index (χ3n) is 3.97. The summed E-state index contributed by atoms with van der Waals surface area (Å²) >= 11 is 3.27. The van der Waals surface area contributed by atoms with Crippen molar-refractivity contribution >= 4 is 31.7 Å². The summed E-state index contributed by atoms with van der Waals surface area (Å²) in [5.41, 5.74) is 0. The normalized spacial score (nSPS) is 16.3. The Kier molecular flexibility index (Phi) is 4.80. The summed E-state index contributed by atoms with van der Waals surface area (Å²) in [6, 6.07) is 9.03. The molecule has 1 aliphatic rings. The first-order chi connectivity index (χ1) is 11.4. The predicted molar refractivity (Wildman–Crippen MR) is 91.7 cm³/mol.